The lowest BCUT2D eigenvalue weighted by molar-refractivity contribution is -0.0492. The highest BCUT2D eigenvalue weighted by Gasteiger charge is 2.51. The number of aryl methyl sites for hydroxylation is 1. The quantitative estimate of drug-likeness (QED) is 0.484. The van der Waals surface area contributed by atoms with Gasteiger partial charge in [-0.15, -0.1) is 0 Å². The second kappa shape index (κ2) is 8.63. The summed E-state index contributed by atoms with van der Waals surface area (Å²) >= 11 is 0. The number of alkyl halides is 3. The van der Waals surface area contributed by atoms with E-state index in [4.69, 9.17) is 0 Å². The summed E-state index contributed by atoms with van der Waals surface area (Å²) in [5.41, 5.74) is -2.09. The van der Waals surface area contributed by atoms with Crippen molar-refractivity contribution in [2.24, 2.45) is 0 Å². The van der Waals surface area contributed by atoms with Crippen LogP contribution in [0.3, 0.4) is 0 Å². The van der Waals surface area contributed by atoms with Gasteiger partial charge < -0.3 is 9.88 Å². The lowest BCUT2D eigenvalue weighted by Gasteiger charge is -2.34. The van der Waals surface area contributed by atoms with E-state index in [9.17, 15) is 26.0 Å². The molecule has 0 amide bonds. The van der Waals surface area contributed by atoms with E-state index in [1.54, 1.807) is 13.1 Å². The lowest BCUT2D eigenvalue weighted by atomic mass is 10.0. The van der Waals surface area contributed by atoms with Gasteiger partial charge in [0.15, 0.2) is 0 Å². The number of hydrogen-bond acceptors (Lipinski definition) is 4. The van der Waals surface area contributed by atoms with Gasteiger partial charge in [-0.05, 0) is 60.6 Å². The Hall–Kier alpha value is -2.92. The standard InChI is InChI=1S/C24H24F4N4O2S/c1-15-29-11-21(30-15)13-32-22-9-6-18(16-2-3-16)10-19(22)12-31(35(33,34)24(26,27)28)14-23(32)17-4-7-20(25)8-5-17/h4-11,16,23H,2-3,12-14H2,1H3,(H,29,30)/t23-/m1/s1. The van der Waals surface area contributed by atoms with E-state index < -0.39 is 40.5 Å². The molecule has 3 aromatic rings. The Morgan fingerprint density at radius 3 is 2.37 bits per heavy atom. The highest BCUT2D eigenvalue weighted by atomic mass is 32.2. The Bertz CT molecular complexity index is 1330. The zero-order valence-corrected chi connectivity index (χ0v) is 19.7. The van der Waals surface area contributed by atoms with E-state index in [0.29, 0.717) is 32.9 Å². The molecular formula is C24H24F4N4O2S. The predicted octanol–water partition coefficient (Wildman–Crippen LogP) is 5.15. The molecule has 1 fully saturated rings. The van der Waals surface area contributed by atoms with Crippen LogP contribution in [0.5, 0.6) is 0 Å². The number of anilines is 1. The molecule has 1 saturated carbocycles. The summed E-state index contributed by atoms with van der Waals surface area (Å²) in [7, 11) is -5.61. The van der Waals surface area contributed by atoms with Crippen molar-refractivity contribution in [2.45, 2.75) is 50.3 Å². The first-order chi connectivity index (χ1) is 16.5. The summed E-state index contributed by atoms with van der Waals surface area (Å²) < 4.78 is 80.4. The number of nitrogens with zero attached hydrogens (tertiary/aromatic N) is 3. The van der Waals surface area contributed by atoms with E-state index in [2.05, 4.69) is 9.97 Å². The van der Waals surface area contributed by atoms with Crippen LogP contribution in [-0.2, 0) is 23.1 Å². The fourth-order valence-corrected chi connectivity index (χ4v) is 5.57. The highest BCUT2D eigenvalue weighted by molar-refractivity contribution is 7.89. The third-order valence-electron chi connectivity index (χ3n) is 6.54. The zero-order valence-electron chi connectivity index (χ0n) is 18.9. The van der Waals surface area contributed by atoms with E-state index in [-0.39, 0.29) is 6.54 Å². The monoisotopic (exact) mass is 508 g/mol. The molecule has 11 heteroatoms. The van der Waals surface area contributed by atoms with Crippen LogP contribution < -0.4 is 4.90 Å². The third kappa shape index (κ3) is 4.66. The van der Waals surface area contributed by atoms with Crippen molar-refractivity contribution >= 4 is 15.7 Å². The summed E-state index contributed by atoms with van der Waals surface area (Å²) in [6.45, 7) is 1.18. The van der Waals surface area contributed by atoms with Crippen LogP contribution in [0.15, 0.2) is 48.7 Å². The molecule has 35 heavy (non-hydrogen) atoms. The average Bonchev–Trinajstić information content (AvgIpc) is 3.58. The van der Waals surface area contributed by atoms with Crippen molar-refractivity contribution in [1.82, 2.24) is 14.3 Å². The molecule has 1 aromatic heterocycles. The van der Waals surface area contributed by atoms with Crippen molar-refractivity contribution in [2.75, 3.05) is 11.4 Å². The molecule has 5 rings (SSSR count). The summed E-state index contributed by atoms with van der Waals surface area (Å²) in [5, 5.41) is 0. The minimum atomic E-state index is -5.61. The summed E-state index contributed by atoms with van der Waals surface area (Å²) in [6, 6.07) is 10.2. The smallest absolute Gasteiger partial charge is 0.357 e. The van der Waals surface area contributed by atoms with Crippen molar-refractivity contribution in [3.8, 4) is 0 Å². The maximum absolute atomic E-state index is 13.7. The molecule has 0 unspecified atom stereocenters. The average molecular weight is 509 g/mol. The van der Waals surface area contributed by atoms with E-state index in [1.807, 2.05) is 23.1 Å². The van der Waals surface area contributed by atoms with Crippen LogP contribution in [-0.4, -0.2) is 34.7 Å². The van der Waals surface area contributed by atoms with Gasteiger partial charge in [0.2, 0.25) is 0 Å². The number of aromatic amines is 1. The van der Waals surface area contributed by atoms with Gasteiger partial charge in [-0.3, -0.25) is 0 Å². The SMILES string of the molecule is Cc1ncc(CN2c3ccc(C4CC4)cc3CN(S(=O)(=O)C(F)(F)F)C[C@@H]2c2ccc(F)cc2)[nH]1. The van der Waals surface area contributed by atoms with Gasteiger partial charge in [-0.1, -0.05) is 24.3 Å². The van der Waals surface area contributed by atoms with Crippen molar-refractivity contribution in [1.29, 1.82) is 0 Å². The normalized spacial score (nSPS) is 19.5. The Morgan fingerprint density at radius 1 is 1.09 bits per heavy atom. The zero-order chi connectivity index (χ0) is 25.0. The molecule has 1 atom stereocenters. The van der Waals surface area contributed by atoms with Gasteiger partial charge in [0, 0.05) is 18.8 Å². The van der Waals surface area contributed by atoms with Gasteiger partial charge in [0.1, 0.15) is 11.6 Å². The molecule has 2 aromatic carbocycles. The molecule has 0 saturated heterocycles. The molecule has 0 radical (unpaired) electrons. The van der Waals surface area contributed by atoms with Gasteiger partial charge >= 0.3 is 15.5 Å². The molecule has 0 bridgehead atoms. The number of imidazole rings is 1. The molecular weight excluding hydrogens is 484 g/mol. The van der Waals surface area contributed by atoms with Crippen LogP contribution in [0.1, 0.15) is 53.0 Å². The number of sulfonamides is 1. The van der Waals surface area contributed by atoms with E-state index in [1.165, 1.54) is 24.3 Å². The molecule has 186 valence electrons. The molecule has 2 aliphatic rings. The van der Waals surface area contributed by atoms with Crippen molar-refractivity contribution in [3.63, 3.8) is 0 Å². The maximum Gasteiger partial charge on any atom is 0.511 e. The molecule has 0 spiro atoms. The van der Waals surface area contributed by atoms with Crippen LogP contribution in [0.4, 0.5) is 23.2 Å². The fourth-order valence-electron chi connectivity index (χ4n) is 4.63. The summed E-state index contributed by atoms with van der Waals surface area (Å²) in [6.07, 6.45) is 3.64. The second-order valence-electron chi connectivity index (χ2n) is 9.09. The van der Waals surface area contributed by atoms with Crippen molar-refractivity contribution in [3.05, 3.63) is 82.7 Å². The number of benzene rings is 2. The molecule has 1 aliphatic carbocycles. The van der Waals surface area contributed by atoms with Gasteiger partial charge in [-0.25, -0.2) is 17.8 Å². The Morgan fingerprint density at radius 2 is 1.77 bits per heavy atom. The largest absolute Gasteiger partial charge is 0.511 e. The summed E-state index contributed by atoms with van der Waals surface area (Å²) in [4.78, 5) is 9.23. The number of H-pyrrole nitrogens is 1. The number of halogens is 4. The van der Waals surface area contributed by atoms with E-state index >= 15 is 0 Å². The number of aromatic nitrogens is 2. The first-order valence-corrected chi connectivity index (χ1v) is 12.7. The van der Waals surface area contributed by atoms with Crippen LogP contribution in [0.2, 0.25) is 0 Å². The third-order valence-corrected chi connectivity index (χ3v) is 8.09. The topological polar surface area (TPSA) is 69.3 Å². The van der Waals surface area contributed by atoms with Gasteiger partial charge in [-0.2, -0.15) is 17.5 Å². The van der Waals surface area contributed by atoms with Gasteiger partial charge in [0.05, 0.1) is 24.5 Å². The number of nitrogens with one attached hydrogen (secondary N) is 1. The Kier molecular flexibility index (Phi) is 5.87. The lowest BCUT2D eigenvalue weighted by Crippen LogP contribution is -2.43. The van der Waals surface area contributed by atoms with Gasteiger partial charge in [0.25, 0.3) is 0 Å². The predicted molar refractivity (Wildman–Crippen MR) is 122 cm³/mol. The first-order valence-electron chi connectivity index (χ1n) is 11.2. The van der Waals surface area contributed by atoms with Crippen molar-refractivity contribution < 1.29 is 26.0 Å². The molecule has 1 aliphatic heterocycles. The molecule has 6 nitrogen and oxygen atoms in total. The van der Waals surface area contributed by atoms with Crippen LogP contribution >= 0.6 is 0 Å². The Balaban J connectivity index is 1.67. The number of rotatable bonds is 5. The number of fused-ring (bicyclic) bond motifs is 1. The summed E-state index contributed by atoms with van der Waals surface area (Å²) in [5.74, 6) is 0.527. The molecule has 2 heterocycles. The number of hydrogen-bond donors (Lipinski definition) is 1. The second-order valence-corrected chi connectivity index (χ2v) is 11.0. The first kappa shape index (κ1) is 23.8. The maximum atomic E-state index is 13.7. The Labute approximate surface area is 200 Å². The van der Waals surface area contributed by atoms with E-state index in [0.717, 1.165) is 24.1 Å². The van der Waals surface area contributed by atoms with Crippen LogP contribution in [0.25, 0.3) is 0 Å². The minimum absolute atomic E-state index is 0.249. The fraction of sp³-hybridized carbons (Fsp3) is 0.375. The van der Waals surface area contributed by atoms with Crippen LogP contribution in [0, 0.1) is 12.7 Å². The molecule has 1 N–H and O–H groups in total. The highest BCUT2D eigenvalue weighted by Crippen LogP contribution is 2.44. The minimum Gasteiger partial charge on any atom is -0.357 e.